The van der Waals surface area contributed by atoms with Gasteiger partial charge in [0.15, 0.2) is 23.1 Å². The van der Waals surface area contributed by atoms with Gasteiger partial charge in [-0.3, -0.25) is 9.59 Å². The maximum absolute atomic E-state index is 13.4. The number of carbonyl (C=O) groups is 2. The molecule has 4 rings (SSSR count). The fourth-order valence-electron chi connectivity index (χ4n) is 4.70. The summed E-state index contributed by atoms with van der Waals surface area (Å²) in [6.07, 6.45) is 1.08. The van der Waals surface area contributed by atoms with Crippen LogP contribution in [0.5, 0.6) is 11.5 Å². The van der Waals surface area contributed by atoms with Crippen molar-refractivity contribution >= 4 is 23.3 Å². The zero-order chi connectivity index (χ0) is 25.2. The Morgan fingerprint density at radius 1 is 1.11 bits per heavy atom. The fraction of sp³-hybridized carbons (Fsp3) is 0.321. The SMILES string of the molecule is COc1ccc(C2C(C#N)=C(SCC(=O)c3ccccc3)NC3=C2C(=O)CC(C)(C)C3)cc1OC. The van der Waals surface area contributed by atoms with Gasteiger partial charge in [-0.25, -0.2) is 0 Å². The Morgan fingerprint density at radius 3 is 2.49 bits per heavy atom. The molecule has 0 saturated heterocycles. The normalized spacial score (nSPS) is 18.9. The number of nitriles is 1. The van der Waals surface area contributed by atoms with Crippen molar-refractivity contribution < 1.29 is 19.1 Å². The van der Waals surface area contributed by atoms with Gasteiger partial charge in [-0.2, -0.15) is 5.26 Å². The van der Waals surface area contributed by atoms with E-state index in [0.717, 1.165) is 11.3 Å². The van der Waals surface area contributed by atoms with Crippen molar-refractivity contribution in [1.82, 2.24) is 5.32 Å². The van der Waals surface area contributed by atoms with Crippen LogP contribution in [0.1, 0.15) is 48.5 Å². The van der Waals surface area contributed by atoms with Crippen LogP contribution >= 0.6 is 11.8 Å². The minimum Gasteiger partial charge on any atom is -0.493 e. The molecule has 0 amide bonds. The molecule has 0 saturated carbocycles. The predicted molar refractivity (Wildman–Crippen MR) is 136 cm³/mol. The molecule has 0 spiro atoms. The second kappa shape index (κ2) is 10.0. The lowest BCUT2D eigenvalue weighted by Gasteiger charge is -2.39. The molecule has 6 nitrogen and oxygen atoms in total. The van der Waals surface area contributed by atoms with Crippen LogP contribution in [-0.2, 0) is 4.79 Å². The first-order valence-electron chi connectivity index (χ1n) is 11.4. The van der Waals surface area contributed by atoms with Crippen LogP contribution in [0.2, 0.25) is 0 Å². The summed E-state index contributed by atoms with van der Waals surface area (Å²) < 4.78 is 10.9. The van der Waals surface area contributed by atoms with Gasteiger partial charge in [-0.1, -0.05) is 62.0 Å². The molecule has 0 aromatic heterocycles. The van der Waals surface area contributed by atoms with Crippen LogP contribution in [-0.4, -0.2) is 31.5 Å². The minimum absolute atomic E-state index is 0.0234. The molecule has 1 aliphatic heterocycles. The standard InChI is InChI=1S/C28H28N2O4S/c1-28(2)13-20-26(21(31)14-28)25(18-10-11-23(33-3)24(12-18)34-4)19(15-29)27(30-20)35-16-22(32)17-8-6-5-7-9-17/h5-12,25,30H,13-14,16H2,1-4H3. The predicted octanol–water partition coefficient (Wildman–Crippen LogP) is 5.39. The van der Waals surface area contributed by atoms with Crippen LogP contribution in [0.25, 0.3) is 0 Å². The maximum Gasteiger partial charge on any atom is 0.173 e. The number of rotatable bonds is 7. The molecule has 2 aromatic carbocycles. The number of methoxy groups -OCH3 is 2. The highest BCUT2D eigenvalue weighted by Crippen LogP contribution is 2.48. The second-order valence-electron chi connectivity index (χ2n) is 9.44. The van der Waals surface area contributed by atoms with Gasteiger partial charge in [0, 0.05) is 23.3 Å². The molecular weight excluding hydrogens is 460 g/mol. The number of hydrogen-bond acceptors (Lipinski definition) is 7. The van der Waals surface area contributed by atoms with E-state index in [9.17, 15) is 14.9 Å². The molecule has 180 valence electrons. The number of ketones is 2. The third-order valence-corrected chi connectivity index (χ3v) is 7.33. The van der Waals surface area contributed by atoms with E-state index >= 15 is 0 Å². The molecule has 1 atom stereocenters. The van der Waals surface area contributed by atoms with E-state index in [1.807, 2.05) is 30.3 Å². The fourth-order valence-corrected chi connectivity index (χ4v) is 5.66. The lowest BCUT2D eigenvalue weighted by Crippen LogP contribution is -2.37. The van der Waals surface area contributed by atoms with Crippen molar-refractivity contribution in [3.8, 4) is 17.6 Å². The van der Waals surface area contributed by atoms with Crippen molar-refractivity contribution in [2.45, 2.75) is 32.6 Å². The maximum atomic E-state index is 13.4. The smallest absolute Gasteiger partial charge is 0.173 e. The van der Waals surface area contributed by atoms with Crippen molar-refractivity contribution in [2.75, 3.05) is 20.0 Å². The van der Waals surface area contributed by atoms with E-state index in [2.05, 4.69) is 25.2 Å². The number of ether oxygens (including phenoxy) is 2. The zero-order valence-electron chi connectivity index (χ0n) is 20.3. The average Bonchev–Trinajstić information content (AvgIpc) is 2.85. The highest BCUT2D eigenvalue weighted by Gasteiger charge is 2.42. The molecule has 1 heterocycles. The highest BCUT2D eigenvalue weighted by atomic mass is 32.2. The van der Waals surface area contributed by atoms with Crippen LogP contribution in [0.15, 0.2) is 70.4 Å². The number of hydrogen-bond donors (Lipinski definition) is 1. The number of dihydropyridines is 1. The van der Waals surface area contributed by atoms with E-state index in [0.29, 0.717) is 46.1 Å². The summed E-state index contributed by atoms with van der Waals surface area (Å²) in [5, 5.41) is 14.2. The van der Waals surface area contributed by atoms with Gasteiger partial charge in [0.1, 0.15) is 0 Å². The Kier molecular flexibility index (Phi) is 7.04. The Balaban J connectivity index is 1.77. The first kappa shape index (κ1) is 24.6. The van der Waals surface area contributed by atoms with Gasteiger partial charge in [-0.15, -0.1) is 0 Å². The molecule has 1 N–H and O–H groups in total. The molecule has 7 heteroatoms. The molecule has 2 aliphatic rings. The number of carbonyl (C=O) groups excluding carboxylic acids is 2. The number of allylic oxidation sites excluding steroid dienone is 3. The number of nitrogens with one attached hydrogen (secondary N) is 1. The van der Waals surface area contributed by atoms with Gasteiger partial charge in [0.25, 0.3) is 0 Å². The summed E-state index contributed by atoms with van der Waals surface area (Å²) in [6, 6.07) is 16.9. The molecule has 0 radical (unpaired) electrons. The van der Waals surface area contributed by atoms with Gasteiger partial charge in [0.05, 0.1) is 42.6 Å². The molecule has 1 aliphatic carbocycles. The Bertz CT molecular complexity index is 1270. The van der Waals surface area contributed by atoms with E-state index in [1.165, 1.54) is 11.8 Å². The van der Waals surface area contributed by atoms with Crippen molar-refractivity contribution in [3.63, 3.8) is 0 Å². The second-order valence-corrected chi connectivity index (χ2v) is 10.4. The summed E-state index contributed by atoms with van der Waals surface area (Å²) in [6.45, 7) is 4.13. The Labute approximate surface area is 210 Å². The zero-order valence-corrected chi connectivity index (χ0v) is 21.1. The number of Topliss-reactive ketones (excluding diaryl/α,β-unsaturated/α-hetero) is 2. The van der Waals surface area contributed by atoms with E-state index in [1.54, 1.807) is 32.4 Å². The number of thioether (sulfide) groups is 1. The van der Waals surface area contributed by atoms with Crippen molar-refractivity contribution in [1.29, 1.82) is 5.26 Å². The van der Waals surface area contributed by atoms with Gasteiger partial charge in [0.2, 0.25) is 0 Å². The number of nitrogens with zero attached hydrogens (tertiary/aromatic N) is 1. The Hall–Kier alpha value is -3.50. The van der Waals surface area contributed by atoms with Gasteiger partial charge >= 0.3 is 0 Å². The van der Waals surface area contributed by atoms with Gasteiger partial charge in [-0.05, 0) is 29.5 Å². The largest absolute Gasteiger partial charge is 0.493 e. The van der Waals surface area contributed by atoms with Crippen LogP contribution in [0.3, 0.4) is 0 Å². The molecule has 35 heavy (non-hydrogen) atoms. The van der Waals surface area contributed by atoms with Gasteiger partial charge < -0.3 is 14.8 Å². The molecule has 0 fully saturated rings. The van der Waals surface area contributed by atoms with E-state index < -0.39 is 5.92 Å². The number of benzene rings is 2. The monoisotopic (exact) mass is 488 g/mol. The lowest BCUT2D eigenvalue weighted by atomic mass is 9.69. The minimum atomic E-state index is -0.547. The lowest BCUT2D eigenvalue weighted by molar-refractivity contribution is -0.118. The topological polar surface area (TPSA) is 88.4 Å². The molecule has 1 unspecified atom stereocenters. The molecule has 2 aromatic rings. The first-order chi connectivity index (χ1) is 16.8. The quantitative estimate of drug-likeness (QED) is 0.523. The summed E-state index contributed by atoms with van der Waals surface area (Å²) in [4.78, 5) is 26.2. The summed E-state index contributed by atoms with van der Waals surface area (Å²) >= 11 is 1.30. The highest BCUT2D eigenvalue weighted by molar-refractivity contribution is 8.03. The molecule has 0 bridgehead atoms. The van der Waals surface area contributed by atoms with Crippen LogP contribution in [0.4, 0.5) is 0 Å². The Morgan fingerprint density at radius 2 is 1.83 bits per heavy atom. The van der Waals surface area contributed by atoms with Crippen molar-refractivity contribution in [2.24, 2.45) is 5.41 Å². The summed E-state index contributed by atoms with van der Waals surface area (Å²) in [7, 11) is 3.12. The summed E-state index contributed by atoms with van der Waals surface area (Å²) in [5.41, 5.74) is 3.06. The summed E-state index contributed by atoms with van der Waals surface area (Å²) in [5.74, 6) is 0.733. The van der Waals surface area contributed by atoms with Crippen LogP contribution in [0, 0.1) is 16.7 Å². The van der Waals surface area contributed by atoms with E-state index in [-0.39, 0.29) is 22.7 Å². The van der Waals surface area contributed by atoms with Crippen molar-refractivity contribution in [3.05, 3.63) is 81.5 Å². The van der Waals surface area contributed by atoms with E-state index in [4.69, 9.17) is 9.47 Å². The first-order valence-corrected chi connectivity index (χ1v) is 12.4. The molecular formula is C28H28N2O4S. The third-order valence-electron chi connectivity index (χ3n) is 6.31. The average molecular weight is 489 g/mol. The third kappa shape index (κ3) is 4.98. The van der Waals surface area contributed by atoms with Crippen LogP contribution < -0.4 is 14.8 Å².